The zero-order valence-electron chi connectivity index (χ0n) is 10.7. The molecule has 0 spiro atoms. The Morgan fingerprint density at radius 2 is 2.00 bits per heavy atom. The number of ketones is 1. The molecule has 0 saturated heterocycles. The van der Waals surface area contributed by atoms with Crippen molar-refractivity contribution in [1.82, 2.24) is 0 Å². The van der Waals surface area contributed by atoms with Gasteiger partial charge in [-0.25, -0.2) is 0 Å². The lowest BCUT2D eigenvalue weighted by Gasteiger charge is -2.23. The summed E-state index contributed by atoms with van der Waals surface area (Å²) in [6.07, 6.45) is 0. The minimum Gasteiger partial charge on any atom is -0.457 e. The fraction of sp³-hybridized carbons (Fsp3) is 0.231. The van der Waals surface area contributed by atoms with Crippen LogP contribution in [0.25, 0.3) is 0 Å². The van der Waals surface area contributed by atoms with Crippen LogP contribution in [-0.4, -0.2) is 11.8 Å². The molecular weight excluding hydrogens is 305 g/mol. The smallest absolute Gasteiger partial charge is 0.308 e. The Morgan fingerprint density at radius 3 is 2.55 bits per heavy atom. The largest absolute Gasteiger partial charge is 0.457 e. The number of Topliss-reactive ketones (excluding diaryl/α,β-unsaturated/α-hetero) is 1. The predicted octanol–water partition coefficient (Wildman–Crippen LogP) is 2.50. The number of ether oxygens (including phenoxy) is 2. The first-order valence-corrected chi connectivity index (χ1v) is 6.39. The lowest BCUT2D eigenvalue weighted by atomic mass is 9.91. The molecule has 1 unspecified atom stereocenters. The molecule has 20 heavy (non-hydrogen) atoms. The first-order chi connectivity index (χ1) is 9.25. The Morgan fingerprint density at radius 1 is 1.35 bits per heavy atom. The molecule has 1 heterocycles. The summed E-state index contributed by atoms with van der Waals surface area (Å²) in [5.74, 6) is -1.74. The van der Waals surface area contributed by atoms with E-state index in [1.54, 1.807) is 12.1 Å². The van der Waals surface area contributed by atoms with E-state index < -0.39 is 17.4 Å². The number of nitrogens with two attached hydrogens (primary N) is 1. The molecule has 1 aromatic rings. The highest BCUT2D eigenvalue weighted by molar-refractivity contribution is 6.42. The van der Waals surface area contributed by atoms with Crippen molar-refractivity contribution in [2.75, 3.05) is 0 Å². The maximum atomic E-state index is 12.4. The Kier molecular flexibility index (Phi) is 3.67. The van der Waals surface area contributed by atoms with E-state index in [-0.39, 0.29) is 16.7 Å². The van der Waals surface area contributed by atoms with Crippen LogP contribution in [0.2, 0.25) is 10.0 Å². The van der Waals surface area contributed by atoms with Crippen LogP contribution in [0.5, 0.6) is 0 Å². The van der Waals surface area contributed by atoms with Crippen molar-refractivity contribution in [3.8, 4) is 0 Å². The Hall–Kier alpha value is -1.72. The molecule has 0 aromatic heterocycles. The SMILES string of the molecule is CC(=O)OC1=C(N)OC(C)(c2ccc(Cl)c(Cl)c2)C1=O. The Labute approximate surface area is 125 Å². The van der Waals surface area contributed by atoms with Gasteiger partial charge in [0.2, 0.25) is 11.6 Å². The van der Waals surface area contributed by atoms with Crippen LogP contribution in [0.4, 0.5) is 0 Å². The highest BCUT2D eigenvalue weighted by Gasteiger charge is 2.48. The monoisotopic (exact) mass is 315 g/mol. The third kappa shape index (κ3) is 2.34. The van der Waals surface area contributed by atoms with Crippen LogP contribution in [0.15, 0.2) is 29.8 Å². The number of hydrogen-bond acceptors (Lipinski definition) is 5. The van der Waals surface area contributed by atoms with E-state index in [4.69, 9.17) is 38.4 Å². The molecule has 0 saturated carbocycles. The van der Waals surface area contributed by atoms with Gasteiger partial charge in [-0.2, -0.15) is 0 Å². The zero-order valence-corrected chi connectivity index (χ0v) is 12.2. The van der Waals surface area contributed by atoms with Gasteiger partial charge in [0, 0.05) is 12.5 Å². The van der Waals surface area contributed by atoms with Gasteiger partial charge in [0.15, 0.2) is 5.60 Å². The fourth-order valence-electron chi connectivity index (χ4n) is 1.86. The van der Waals surface area contributed by atoms with Crippen molar-refractivity contribution < 1.29 is 19.1 Å². The first kappa shape index (κ1) is 14.7. The number of halogens is 2. The van der Waals surface area contributed by atoms with Crippen LogP contribution in [0.1, 0.15) is 19.4 Å². The van der Waals surface area contributed by atoms with Crippen LogP contribution >= 0.6 is 23.2 Å². The second-order valence-electron chi connectivity index (χ2n) is 4.38. The third-order valence-electron chi connectivity index (χ3n) is 2.89. The minimum atomic E-state index is -1.40. The molecule has 0 aliphatic carbocycles. The molecular formula is C13H11Cl2NO4. The second kappa shape index (κ2) is 5.00. The molecule has 2 N–H and O–H groups in total. The highest BCUT2D eigenvalue weighted by Crippen LogP contribution is 2.39. The van der Waals surface area contributed by atoms with Gasteiger partial charge in [-0.15, -0.1) is 0 Å². The summed E-state index contributed by atoms with van der Waals surface area (Å²) >= 11 is 11.8. The van der Waals surface area contributed by atoms with Crippen molar-refractivity contribution in [3.63, 3.8) is 0 Å². The van der Waals surface area contributed by atoms with Crippen molar-refractivity contribution in [1.29, 1.82) is 0 Å². The molecule has 1 atom stereocenters. The van der Waals surface area contributed by atoms with Crippen molar-refractivity contribution in [3.05, 3.63) is 45.5 Å². The second-order valence-corrected chi connectivity index (χ2v) is 5.19. The molecule has 1 aromatic carbocycles. The quantitative estimate of drug-likeness (QED) is 0.848. The molecule has 0 radical (unpaired) electrons. The summed E-state index contributed by atoms with van der Waals surface area (Å²) in [7, 11) is 0. The van der Waals surface area contributed by atoms with E-state index in [1.807, 2.05) is 0 Å². The minimum absolute atomic E-state index is 0.237. The van der Waals surface area contributed by atoms with Gasteiger partial charge in [-0.3, -0.25) is 9.59 Å². The van der Waals surface area contributed by atoms with Gasteiger partial charge in [0.05, 0.1) is 10.0 Å². The van der Waals surface area contributed by atoms with E-state index in [1.165, 1.54) is 19.9 Å². The molecule has 1 aliphatic heterocycles. The predicted molar refractivity (Wildman–Crippen MR) is 72.9 cm³/mol. The van der Waals surface area contributed by atoms with Crippen LogP contribution < -0.4 is 5.73 Å². The van der Waals surface area contributed by atoms with Crippen molar-refractivity contribution >= 4 is 35.0 Å². The summed E-state index contributed by atoms with van der Waals surface area (Å²) in [6, 6.07) is 4.64. The number of benzene rings is 1. The van der Waals surface area contributed by atoms with Crippen molar-refractivity contribution in [2.45, 2.75) is 19.4 Å². The standard InChI is InChI=1S/C13H11Cl2NO4/c1-6(17)19-10-11(18)13(2,20-12(10)16)7-3-4-8(14)9(15)5-7/h3-5H,16H2,1-2H3. The normalized spacial score (nSPS) is 21.9. The summed E-state index contributed by atoms with van der Waals surface area (Å²) in [4.78, 5) is 23.3. The number of rotatable bonds is 2. The highest BCUT2D eigenvalue weighted by atomic mass is 35.5. The van der Waals surface area contributed by atoms with Crippen LogP contribution in [0.3, 0.4) is 0 Å². The maximum Gasteiger partial charge on any atom is 0.308 e. The average Bonchev–Trinajstić information content (AvgIpc) is 2.57. The maximum absolute atomic E-state index is 12.4. The average molecular weight is 316 g/mol. The van der Waals surface area contributed by atoms with E-state index in [0.717, 1.165) is 0 Å². The lowest BCUT2D eigenvalue weighted by Crippen LogP contribution is -2.31. The van der Waals surface area contributed by atoms with Gasteiger partial charge in [-0.05, 0) is 19.1 Å². The van der Waals surface area contributed by atoms with Crippen molar-refractivity contribution in [2.24, 2.45) is 5.73 Å². The topological polar surface area (TPSA) is 78.6 Å². The summed E-state index contributed by atoms with van der Waals surface area (Å²) in [5.41, 5.74) is 4.66. The summed E-state index contributed by atoms with van der Waals surface area (Å²) in [6.45, 7) is 2.68. The third-order valence-corrected chi connectivity index (χ3v) is 3.63. The fourth-order valence-corrected chi connectivity index (χ4v) is 2.16. The molecule has 0 bridgehead atoms. The molecule has 0 fully saturated rings. The number of esters is 1. The van der Waals surface area contributed by atoms with Gasteiger partial charge in [0.1, 0.15) is 0 Å². The Bertz CT molecular complexity index is 641. The summed E-state index contributed by atoms with van der Waals surface area (Å²) in [5, 5.41) is 0.631. The van der Waals surface area contributed by atoms with Gasteiger partial charge in [-0.1, -0.05) is 29.3 Å². The van der Waals surface area contributed by atoms with E-state index >= 15 is 0 Å². The lowest BCUT2D eigenvalue weighted by molar-refractivity contribution is -0.142. The molecule has 0 amide bonds. The number of hydrogen-bond donors (Lipinski definition) is 1. The summed E-state index contributed by atoms with van der Waals surface area (Å²) < 4.78 is 10.2. The molecule has 5 nitrogen and oxygen atoms in total. The van der Waals surface area contributed by atoms with Gasteiger partial charge >= 0.3 is 5.97 Å². The molecule has 2 rings (SSSR count). The number of carbonyl (C=O) groups excluding carboxylic acids is 2. The van der Waals surface area contributed by atoms with E-state index in [9.17, 15) is 9.59 Å². The van der Waals surface area contributed by atoms with Gasteiger partial charge in [0.25, 0.3) is 5.78 Å². The molecule has 106 valence electrons. The molecule has 1 aliphatic rings. The van der Waals surface area contributed by atoms with E-state index in [0.29, 0.717) is 10.6 Å². The molecule has 7 heteroatoms. The Balaban J connectivity index is 2.41. The first-order valence-electron chi connectivity index (χ1n) is 5.63. The number of carbonyl (C=O) groups is 2. The van der Waals surface area contributed by atoms with Gasteiger partial charge < -0.3 is 15.2 Å². The van der Waals surface area contributed by atoms with Crippen LogP contribution in [0, 0.1) is 0 Å². The zero-order chi connectivity index (χ0) is 15.1. The van der Waals surface area contributed by atoms with E-state index in [2.05, 4.69) is 0 Å². The van der Waals surface area contributed by atoms with Crippen LogP contribution in [-0.2, 0) is 24.7 Å².